The molecule has 0 atom stereocenters. The SMILES string of the molecule is Cc1ccc(N(c2cccc(C)c2)c2ccc(C=Cc3ccc(C=Cc4ccc(N(c5ccc(C)cc5)c5cccc(C)c5)cc4C)cc3)c(C)c2)cc1. The Balaban J connectivity index is 1.06. The lowest BCUT2D eigenvalue weighted by Gasteiger charge is -2.26. The summed E-state index contributed by atoms with van der Waals surface area (Å²) in [6.07, 6.45) is 8.83. The van der Waals surface area contributed by atoms with Gasteiger partial charge in [0, 0.05) is 34.1 Å². The minimum Gasteiger partial charge on any atom is -0.310 e. The predicted molar refractivity (Wildman–Crippen MR) is 235 cm³/mol. The molecule has 7 rings (SSSR count). The van der Waals surface area contributed by atoms with Crippen LogP contribution in [0.2, 0.25) is 0 Å². The monoisotopic (exact) mass is 700 g/mol. The molecule has 0 aliphatic heterocycles. The van der Waals surface area contributed by atoms with Gasteiger partial charge in [-0.1, -0.05) is 120 Å². The zero-order chi connectivity index (χ0) is 37.6. The van der Waals surface area contributed by atoms with Crippen molar-refractivity contribution in [1.29, 1.82) is 0 Å². The number of aryl methyl sites for hydroxylation is 6. The second-order valence-electron chi connectivity index (χ2n) is 14.4. The molecule has 0 amide bonds. The first kappa shape index (κ1) is 36.0. The molecule has 0 radical (unpaired) electrons. The van der Waals surface area contributed by atoms with E-state index in [0.29, 0.717) is 0 Å². The third-order valence-corrected chi connectivity index (χ3v) is 9.97. The van der Waals surface area contributed by atoms with Gasteiger partial charge in [-0.25, -0.2) is 0 Å². The molecule has 0 N–H and O–H groups in total. The van der Waals surface area contributed by atoms with Gasteiger partial charge in [-0.2, -0.15) is 0 Å². The Labute approximate surface area is 322 Å². The maximum Gasteiger partial charge on any atom is 0.0464 e. The summed E-state index contributed by atoms with van der Waals surface area (Å²) in [5, 5.41) is 0. The van der Waals surface area contributed by atoms with Gasteiger partial charge in [-0.3, -0.25) is 0 Å². The molecule has 0 saturated carbocycles. The zero-order valence-corrected chi connectivity index (χ0v) is 32.2. The van der Waals surface area contributed by atoms with E-state index in [2.05, 4.69) is 233 Å². The van der Waals surface area contributed by atoms with Gasteiger partial charge < -0.3 is 9.80 Å². The van der Waals surface area contributed by atoms with E-state index in [9.17, 15) is 0 Å². The summed E-state index contributed by atoms with van der Waals surface area (Å²) in [5.41, 5.74) is 19.1. The summed E-state index contributed by atoms with van der Waals surface area (Å²) in [5.74, 6) is 0. The first-order valence-corrected chi connectivity index (χ1v) is 18.7. The van der Waals surface area contributed by atoms with Crippen LogP contribution < -0.4 is 9.80 Å². The number of nitrogens with zero attached hydrogens (tertiary/aromatic N) is 2. The van der Waals surface area contributed by atoms with Gasteiger partial charge in [-0.05, 0) is 159 Å². The summed E-state index contributed by atoms with van der Waals surface area (Å²) < 4.78 is 0. The molecule has 2 heteroatoms. The molecule has 266 valence electrons. The molecular weight excluding hydrogens is 653 g/mol. The molecule has 54 heavy (non-hydrogen) atoms. The van der Waals surface area contributed by atoms with Crippen LogP contribution in [0.25, 0.3) is 24.3 Å². The normalized spacial score (nSPS) is 11.4. The lowest BCUT2D eigenvalue weighted by atomic mass is 10.0. The molecule has 7 aromatic rings. The van der Waals surface area contributed by atoms with Crippen molar-refractivity contribution in [3.05, 3.63) is 213 Å². The predicted octanol–water partition coefficient (Wildman–Crippen LogP) is 14.8. The van der Waals surface area contributed by atoms with Gasteiger partial charge in [-0.15, -0.1) is 0 Å². The molecule has 0 aromatic heterocycles. The van der Waals surface area contributed by atoms with Crippen LogP contribution in [-0.2, 0) is 0 Å². The Kier molecular flexibility index (Phi) is 10.7. The highest BCUT2D eigenvalue weighted by atomic mass is 15.1. The first-order chi connectivity index (χ1) is 26.2. The maximum atomic E-state index is 2.33. The second-order valence-corrected chi connectivity index (χ2v) is 14.4. The van der Waals surface area contributed by atoms with Crippen LogP contribution in [0, 0.1) is 41.5 Å². The summed E-state index contributed by atoms with van der Waals surface area (Å²) in [6.45, 7) is 12.9. The van der Waals surface area contributed by atoms with Crippen molar-refractivity contribution in [2.75, 3.05) is 9.80 Å². The minimum absolute atomic E-state index is 1.15. The van der Waals surface area contributed by atoms with E-state index in [1.54, 1.807) is 0 Å². The van der Waals surface area contributed by atoms with Crippen molar-refractivity contribution in [2.45, 2.75) is 41.5 Å². The lowest BCUT2D eigenvalue weighted by molar-refractivity contribution is 1.25. The van der Waals surface area contributed by atoms with Gasteiger partial charge in [0.15, 0.2) is 0 Å². The van der Waals surface area contributed by atoms with Gasteiger partial charge in [0.25, 0.3) is 0 Å². The van der Waals surface area contributed by atoms with E-state index in [4.69, 9.17) is 0 Å². The number of benzene rings is 7. The standard InChI is InChI=1S/C52H48N2/c1-37-13-27-47(28-14-37)53(49-11-7-9-39(3)33-49)51-31-25-45(41(5)35-51)23-21-43-17-19-44(20-18-43)22-24-46-26-32-52(36-42(46)6)54(48-29-15-38(2)16-30-48)50-12-8-10-40(4)34-50/h7-36H,1-6H3. The fraction of sp³-hybridized carbons (Fsp3) is 0.115. The quantitative estimate of drug-likeness (QED) is 0.131. The van der Waals surface area contributed by atoms with Crippen LogP contribution in [0.4, 0.5) is 34.1 Å². The lowest BCUT2D eigenvalue weighted by Crippen LogP contribution is -2.10. The molecule has 0 fully saturated rings. The Bertz CT molecular complexity index is 2260. The Hall–Kier alpha value is -6.38. The van der Waals surface area contributed by atoms with Crippen molar-refractivity contribution < 1.29 is 0 Å². The second kappa shape index (κ2) is 16.1. The van der Waals surface area contributed by atoms with Crippen LogP contribution in [0.15, 0.2) is 158 Å². The van der Waals surface area contributed by atoms with E-state index in [0.717, 1.165) is 34.1 Å². The molecule has 2 nitrogen and oxygen atoms in total. The van der Waals surface area contributed by atoms with Gasteiger partial charge >= 0.3 is 0 Å². The fourth-order valence-electron chi connectivity index (χ4n) is 6.88. The summed E-state index contributed by atoms with van der Waals surface area (Å²) in [7, 11) is 0. The molecule has 0 bridgehead atoms. The largest absolute Gasteiger partial charge is 0.310 e. The molecule has 0 heterocycles. The Morgan fingerprint density at radius 2 is 0.648 bits per heavy atom. The third kappa shape index (κ3) is 8.46. The highest BCUT2D eigenvalue weighted by Gasteiger charge is 2.15. The summed E-state index contributed by atoms with van der Waals surface area (Å²) in [6, 6.07) is 57.1. The van der Waals surface area contributed by atoms with Gasteiger partial charge in [0.05, 0.1) is 0 Å². The molecule has 0 aliphatic carbocycles. The first-order valence-electron chi connectivity index (χ1n) is 18.7. The van der Waals surface area contributed by atoms with Crippen molar-refractivity contribution in [2.24, 2.45) is 0 Å². The van der Waals surface area contributed by atoms with Crippen LogP contribution in [0.1, 0.15) is 55.6 Å². The van der Waals surface area contributed by atoms with Gasteiger partial charge in [0.2, 0.25) is 0 Å². The third-order valence-electron chi connectivity index (χ3n) is 9.97. The average molecular weight is 701 g/mol. The molecule has 0 unspecified atom stereocenters. The van der Waals surface area contributed by atoms with Crippen LogP contribution in [0.3, 0.4) is 0 Å². The molecular formula is C52H48N2. The van der Waals surface area contributed by atoms with Crippen LogP contribution >= 0.6 is 0 Å². The minimum atomic E-state index is 1.15. The molecule has 0 spiro atoms. The number of hydrogen-bond acceptors (Lipinski definition) is 2. The molecule has 0 aliphatic rings. The summed E-state index contributed by atoms with van der Waals surface area (Å²) in [4.78, 5) is 4.67. The fourth-order valence-corrected chi connectivity index (χ4v) is 6.88. The molecule has 0 saturated heterocycles. The van der Waals surface area contributed by atoms with E-state index < -0.39 is 0 Å². The van der Waals surface area contributed by atoms with E-state index in [1.807, 2.05) is 0 Å². The number of rotatable bonds is 10. The topological polar surface area (TPSA) is 6.48 Å². The highest BCUT2D eigenvalue weighted by Crippen LogP contribution is 2.37. The van der Waals surface area contributed by atoms with E-state index in [-0.39, 0.29) is 0 Å². The Morgan fingerprint density at radius 3 is 1.00 bits per heavy atom. The van der Waals surface area contributed by atoms with Crippen molar-refractivity contribution in [1.82, 2.24) is 0 Å². The smallest absolute Gasteiger partial charge is 0.0464 e. The van der Waals surface area contributed by atoms with E-state index in [1.165, 1.54) is 55.6 Å². The maximum absolute atomic E-state index is 2.33. The highest BCUT2D eigenvalue weighted by molar-refractivity contribution is 5.81. The van der Waals surface area contributed by atoms with Crippen molar-refractivity contribution in [3.63, 3.8) is 0 Å². The summed E-state index contributed by atoms with van der Waals surface area (Å²) >= 11 is 0. The van der Waals surface area contributed by atoms with Crippen LogP contribution in [-0.4, -0.2) is 0 Å². The number of anilines is 6. The Morgan fingerprint density at radius 1 is 0.296 bits per heavy atom. The van der Waals surface area contributed by atoms with Crippen molar-refractivity contribution >= 4 is 58.4 Å². The number of hydrogen-bond donors (Lipinski definition) is 0. The van der Waals surface area contributed by atoms with Crippen molar-refractivity contribution in [3.8, 4) is 0 Å². The van der Waals surface area contributed by atoms with Crippen LogP contribution in [0.5, 0.6) is 0 Å². The van der Waals surface area contributed by atoms with Gasteiger partial charge in [0.1, 0.15) is 0 Å². The zero-order valence-electron chi connectivity index (χ0n) is 32.2. The molecule has 7 aromatic carbocycles. The van der Waals surface area contributed by atoms with E-state index >= 15 is 0 Å². The average Bonchev–Trinajstić information content (AvgIpc) is 3.16.